The van der Waals surface area contributed by atoms with Gasteiger partial charge in [0.1, 0.15) is 12.4 Å². The molecule has 0 spiro atoms. The highest BCUT2D eigenvalue weighted by Gasteiger charge is 2.31. The third kappa shape index (κ3) is 4.22. The van der Waals surface area contributed by atoms with Crippen molar-refractivity contribution in [2.45, 2.75) is 57.6 Å². The Morgan fingerprint density at radius 1 is 1.35 bits per heavy atom. The number of rotatable bonds is 7. The van der Waals surface area contributed by atoms with Crippen LogP contribution in [0.5, 0.6) is 5.75 Å². The first kappa shape index (κ1) is 15.3. The zero-order valence-corrected chi connectivity index (χ0v) is 12.7. The van der Waals surface area contributed by atoms with Crippen LogP contribution in [0.4, 0.5) is 0 Å². The van der Waals surface area contributed by atoms with Crippen LogP contribution >= 0.6 is 0 Å². The van der Waals surface area contributed by atoms with E-state index in [1.165, 1.54) is 5.56 Å². The standard InChI is InChI=1S/C17H27NO2/c1-3-11-18-14(2)15-7-6-8-16(12-15)20-13-17(19)9-4-5-10-17/h6-8,12,14,18-19H,3-5,9-11,13H2,1-2H3. The van der Waals surface area contributed by atoms with Crippen molar-refractivity contribution in [1.82, 2.24) is 5.32 Å². The number of ether oxygens (including phenoxy) is 1. The molecule has 1 fully saturated rings. The third-order valence-corrected chi connectivity index (χ3v) is 4.10. The average molecular weight is 277 g/mol. The second-order valence-electron chi connectivity index (χ2n) is 5.97. The van der Waals surface area contributed by atoms with Crippen molar-refractivity contribution >= 4 is 0 Å². The van der Waals surface area contributed by atoms with Gasteiger partial charge in [0.2, 0.25) is 0 Å². The molecule has 0 aromatic heterocycles. The fraction of sp³-hybridized carbons (Fsp3) is 0.647. The van der Waals surface area contributed by atoms with Crippen molar-refractivity contribution in [1.29, 1.82) is 0 Å². The zero-order chi connectivity index (χ0) is 14.4. The highest BCUT2D eigenvalue weighted by atomic mass is 16.5. The third-order valence-electron chi connectivity index (χ3n) is 4.10. The molecule has 0 amide bonds. The number of nitrogens with one attached hydrogen (secondary N) is 1. The van der Waals surface area contributed by atoms with E-state index in [4.69, 9.17) is 4.74 Å². The van der Waals surface area contributed by atoms with E-state index < -0.39 is 5.60 Å². The summed E-state index contributed by atoms with van der Waals surface area (Å²) in [6.45, 7) is 5.76. The Morgan fingerprint density at radius 2 is 2.10 bits per heavy atom. The first-order valence-corrected chi connectivity index (χ1v) is 7.81. The predicted molar refractivity (Wildman–Crippen MR) is 82.1 cm³/mol. The van der Waals surface area contributed by atoms with Gasteiger partial charge in [-0.3, -0.25) is 0 Å². The summed E-state index contributed by atoms with van der Waals surface area (Å²) in [5.74, 6) is 0.855. The van der Waals surface area contributed by atoms with Crippen LogP contribution in [0.25, 0.3) is 0 Å². The van der Waals surface area contributed by atoms with Gasteiger partial charge in [0.05, 0.1) is 5.60 Å². The van der Waals surface area contributed by atoms with Gasteiger partial charge in [-0.1, -0.05) is 31.9 Å². The van der Waals surface area contributed by atoms with Gasteiger partial charge in [-0.05, 0) is 50.4 Å². The quantitative estimate of drug-likeness (QED) is 0.802. The van der Waals surface area contributed by atoms with Gasteiger partial charge in [-0.25, -0.2) is 0 Å². The molecule has 0 saturated heterocycles. The number of hydrogen-bond donors (Lipinski definition) is 2. The van der Waals surface area contributed by atoms with Gasteiger partial charge < -0.3 is 15.2 Å². The molecule has 112 valence electrons. The molecule has 0 radical (unpaired) electrons. The average Bonchev–Trinajstić information content (AvgIpc) is 2.90. The fourth-order valence-corrected chi connectivity index (χ4v) is 2.75. The van der Waals surface area contributed by atoms with Crippen LogP contribution in [-0.2, 0) is 0 Å². The maximum Gasteiger partial charge on any atom is 0.119 e. The second-order valence-corrected chi connectivity index (χ2v) is 5.97. The van der Waals surface area contributed by atoms with Crippen LogP contribution in [0, 0.1) is 0 Å². The summed E-state index contributed by atoms with van der Waals surface area (Å²) in [5.41, 5.74) is 0.622. The Bertz CT molecular complexity index is 413. The van der Waals surface area contributed by atoms with Crippen molar-refractivity contribution in [3.63, 3.8) is 0 Å². The van der Waals surface area contributed by atoms with Crippen LogP contribution in [0.3, 0.4) is 0 Å². The molecular weight excluding hydrogens is 250 g/mol. The summed E-state index contributed by atoms with van der Waals surface area (Å²) < 4.78 is 5.81. The summed E-state index contributed by atoms with van der Waals surface area (Å²) in [6, 6.07) is 8.51. The molecule has 1 aliphatic rings. The molecular formula is C17H27NO2. The molecule has 0 aliphatic heterocycles. The van der Waals surface area contributed by atoms with Crippen LogP contribution in [-0.4, -0.2) is 23.9 Å². The predicted octanol–water partition coefficient (Wildman–Crippen LogP) is 3.43. The van der Waals surface area contributed by atoms with E-state index in [9.17, 15) is 5.11 Å². The lowest BCUT2D eigenvalue weighted by molar-refractivity contribution is 0.00138. The van der Waals surface area contributed by atoms with Gasteiger partial charge in [0, 0.05) is 6.04 Å². The number of hydrogen-bond acceptors (Lipinski definition) is 3. The van der Waals surface area contributed by atoms with Gasteiger partial charge in [-0.15, -0.1) is 0 Å². The van der Waals surface area contributed by atoms with Gasteiger partial charge in [0.25, 0.3) is 0 Å². The van der Waals surface area contributed by atoms with Crippen molar-refractivity contribution in [3.05, 3.63) is 29.8 Å². The monoisotopic (exact) mass is 277 g/mol. The smallest absolute Gasteiger partial charge is 0.119 e. The molecule has 1 atom stereocenters. The lowest BCUT2D eigenvalue weighted by Crippen LogP contribution is -2.32. The normalized spacial score (nSPS) is 18.9. The highest BCUT2D eigenvalue weighted by Crippen LogP contribution is 2.30. The van der Waals surface area contributed by atoms with E-state index >= 15 is 0 Å². The topological polar surface area (TPSA) is 41.5 Å². The lowest BCUT2D eigenvalue weighted by Gasteiger charge is -2.22. The SMILES string of the molecule is CCCNC(C)c1cccc(OCC2(O)CCCC2)c1. The Kier molecular flexibility index (Phi) is 5.44. The Balaban J connectivity index is 1.92. The Hall–Kier alpha value is -1.06. The van der Waals surface area contributed by atoms with Gasteiger partial charge in [-0.2, -0.15) is 0 Å². The van der Waals surface area contributed by atoms with E-state index in [1.807, 2.05) is 12.1 Å². The molecule has 1 aromatic rings. The van der Waals surface area contributed by atoms with Crippen LogP contribution < -0.4 is 10.1 Å². The minimum atomic E-state index is -0.609. The minimum absolute atomic E-state index is 0.327. The zero-order valence-electron chi connectivity index (χ0n) is 12.7. The molecule has 1 aromatic carbocycles. The summed E-state index contributed by atoms with van der Waals surface area (Å²) in [7, 11) is 0. The molecule has 20 heavy (non-hydrogen) atoms. The molecule has 1 unspecified atom stereocenters. The maximum atomic E-state index is 10.3. The largest absolute Gasteiger partial charge is 0.491 e. The molecule has 2 rings (SSSR count). The van der Waals surface area contributed by atoms with E-state index in [1.54, 1.807) is 0 Å². The van der Waals surface area contributed by atoms with Crippen molar-refractivity contribution in [2.24, 2.45) is 0 Å². The van der Waals surface area contributed by atoms with E-state index in [-0.39, 0.29) is 0 Å². The van der Waals surface area contributed by atoms with Crippen molar-refractivity contribution in [3.8, 4) is 5.75 Å². The van der Waals surface area contributed by atoms with E-state index in [0.717, 1.165) is 44.4 Å². The number of benzene rings is 1. The molecule has 3 nitrogen and oxygen atoms in total. The minimum Gasteiger partial charge on any atom is -0.491 e. The van der Waals surface area contributed by atoms with Crippen LogP contribution in [0.15, 0.2) is 24.3 Å². The van der Waals surface area contributed by atoms with Crippen LogP contribution in [0.1, 0.15) is 57.6 Å². The summed E-state index contributed by atoms with van der Waals surface area (Å²) >= 11 is 0. The van der Waals surface area contributed by atoms with Gasteiger partial charge >= 0.3 is 0 Å². The fourth-order valence-electron chi connectivity index (χ4n) is 2.75. The molecule has 3 heteroatoms. The Morgan fingerprint density at radius 3 is 2.80 bits per heavy atom. The van der Waals surface area contributed by atoms with Crippen LogP contribution in [0.2, 0.25) is 0 Å². The lowest BCUT2D eigenvalue weighted by atomic mass is 10.0. The molecule has 0 bridgehead atoms. The molecule has 1 aliphatic carbocycles. The summed E-state index contributed by atoms with van der Waals surface area (Å²) in [4.78, 5) is 0. The summed E-state index contributed by atoms with van der Waals surface area (Å²) in [6.07, 6.45) is 5.08. The molecule has 2 N–H and O–H groups in total. The van der Waals surface area contributed by atoms with Gasteiger partial charge in [0.15, 0.2) is 0 Å². The summed E-state index contributed by atoms with van der Waals surface area (Å²) in [5, 5.41) is 13.8. The first-order valence-electron chi connectivity index (χ1n) is 7.81. The first-order chi connectivity index (χ1) is 9.63. The second kappa shape index (κ2) is 7.09. The van der Waals surface area contributed by atoms with E-state index in [2.05, 4.69) is 31.3 Å². The highest BCUT2D eigenvalue weighted by molar-refractivity contribution is 5.30. The van der Waals surface area contributed by atoms with E-state index in [0.29, 0.717) is 12.6 Å². The Labute approximate surface area is 122 Å². The molecule has 0 heterocycles. The maximum absolute atomic E-state index is 10.3. The van der Waals surface area contributed by atoms with Crippen molar-refractivity contribution < 1.29 is 9.84 Å². The van der Waals surface area contributed by atoms with Crippen molar-refractivity contribution in [2.75, 3.05) is 13.2 Å². The number of aliphatic hydroxyl groups is 1. The molecule has 1 saturated carbocycles.